The first kappa shape index (κ1) is 18.2. The van der Waals surface area contributed by atoms with Crippen LogP contribution in [0.5, 0.6) is 0 Å². The number of rotatable bonds is 5. The van der Waals surface area contributed by atoms with Crippen LogP contribution in [-0.4, -0.2) is 53.5 Å². The Hall–Kier alpha value is -2.17. The van der Waals surface area contributed by atoms with Crippen molar-refractivity contribution >= 4 is 5.91 Å². The van der Waals surface area contributed by atoms with E-state index < -0.39 is 6.10 Å². The Morgan fingerprint density at radius 3 is 2.48 bits per heavy atom. The highest BCUT2D eigenvalue weighted by molar-refractivity contribution is 5.77. The first-order valence-corrected chi connectivity index (χ1v) is 10.0. The van der Waals surface area contributed by atoms with Gasteiger partial charge in [-0.15, -0.1) is 0 Å². The molecule has 0 bridgehead atoms. The quantitative estimate of drug-likeness (QED) is 0.887. The summed E-state index contributed by atoms with van der Waals surface area (Å²) in [7, 11) is 0. The van der Waals surface area contributed by atoms with Crippen LogP contribution >= 0.6 is 0 Å². The van der Waals surface area contributed by atoms with E-state index in [1.54, 1.807) is 0 Å². The molecule has 0 radical (unpaired) electrons. The van der Waals surface area contributed by atoms with Crippen molar-refractivity contribution in [2.45, 2.75) is 31.3 Å². The molecule has 142 valence electrons. The minimum atomic E-state index is -0.469. The van der Waals surface area contributed by atoms with Crippen LogP contribution in [0.1, 0.15) is 41.6 Å². The van der Waals surface area contributed by atoms with Crippen molar-refractivity contribution < 1.29 is 9.90 Å². The second-order valence-corrected chi connectivity index (χ2v) is 7.75. The molecule has 0 saturated carbocycles. The predicted molar refractivity (Wildman–Crippen MR) is 107 cm³/mol. The lowest BCUT2D eigenvalue weighted by molar-refractivity contribution is -0.133. The summed E-state index contributed by atoms with van der Waals surface area (Å²) in [5.41, 5.74) is 3.74. The Kier molecular flexibility index (Phi) is 5.55. The molecule has 27 heavy (non-hydrogen) atoms. The van der Waals surface area contributed by atoms with Gasteiger partial charge >= 0.3 is 0 Å². The number of amides is 1. The zero-order chi connectivity index (χ0) is 18.6. The van der Waals surface area contributed by atoms with E-state index in [0.717, 1.165) is 44.6 Å². The molecule has 2 aliphatic rings. The number of aliphatic hydroxyl groups excluding tert-OH is 1. The highest BCUT2D eigenvalue weighted by atomic mass is 16.3. The number of aliphatic hydroxyl groups is 1. The van der Waals surface area contributed by atoms with Crippen LogP contribution in [0.2, 0.25) is 0 Å². The largest absolute Gasteiger partial charge is 0.387 e. The molecule has 0 aromatic heterocycles. The third-order valence-corrected chi connectivity index (χ3v) is 6.02. The van der Waals surface area contributed by atoms with E-state index in [9.17, 15) is 9.90 Å². The summed E-state index contributed by atoms with van der Waals surface area (Å²) in [4.78, 5) is 17.0. The highest BCUT2D eigenvalue weighted by Gasteiger charge is 2.28. The summed E-state index contributed by atoms with van der Waals surface area (Å²) in [5.74, 6) is 0.659. The number of hydrogen-bond donors (Lipinski definition) is 1. The van der Waals surface area contributed by atoms with Crippen LogP contribution in [0, 0.1) is 0 Å². The van der Waals surface area contributed by atoms with Crippen LogP contribution in [0.4, 0.5) is 0 Å². The molecular weight excluding hydrogens is 336 g/mol. The van der Waals surface area contributed by atoms with E-state index in [4.69, 9.17) is 0 Å². The van der Waals surface area contributed by atoms with Gasteiger partial charge in [-0.3, -0.25) is 9.69 Å². The highest BCUT2D eigenvalue weighted by Crippen LogP contribution is 2.35. The van der Waals surface area contributed by atoms with Crippen LogP contribution in [0.15, 0.2) is 54.6 Å². The molecule has 0 spiro atoms. The lowest BCUT2D eigenvalue weighted by atomic mass is 9.97. The van der Waals surface area contributed by atoms with Crippen molar-refractivity contribution in [1.82, 2.24) is 9.80 Å². The molecule has 1 fully saturated rings. The summed E-state index contributed by atoms with van der Waals surface area (Å²) in [5, 5.41) is 10.4. The van der Waals surface area contributed by atoms with Gasteiger partial charge in [0, 0.05) is 39.1 Å². The summed E-state index contributed by atoms with van der Waals surface area (Å²) in [6.45, 7) is 3.80. The first-order chi connectivity index (χ1) is 13.2. The maximum absolute atomic E-state index is 12.8. The fourth-order valence-corrected chi connectivity index (χ4v) is 4.40. The Morgan fingerprint density at radius 2 is 1.70 bits per heavy atom. The smallest absolute Gasteiger partial charge is 0.223 e. The van der Waals surface area contributed by atoms with Crippen molar-refractivity contribution in [3.05, 3.63) is 71.3 Å². The Labute approximate surface area is 161 Å². The number of carbonyl (C=O) groups excluding carboxylic acids is 1. The molecular formula is C23H28N2O2. The van der Waals surface area contributed by atoms with Gasteiger partial charge in [0.2, 0.25) is 5.91 Å². The molecule has 4 heteroatoms. The van der Waals surface area contributed by atoms with Gasteiger partial charge in [0.1, 0.15) is 0 Å². The fraction of sp³-hybridized carbons (Fsp3) is 0.435. The average molecular weight is 364 g/mol. The van der Waals surface area contributed by atoms with E-state index >= 15 is 0 Å². The molecule has 1 saturated heterocycles. The molecule has 4 nitrogen and oxygen atoms in total. The number of β-amino-alcohol motifs (C(OH)–C–C–N with tert-alkyl or cyclic N) is 1. The number of nitrogens with zero attached hydrogens (tertiary/aromatic N) is 2. The van der Waals surface area contributed by atoms with E-state index in [1.165, 1.54) is 11.1 Å². The normalized spacial score (nSPS) is 21.1. The third kappa shape index (κ3) is 4.23. The third-order valence-electron chi connectivity index (χ3n) is 6.02. The number of hydrogen-bond acceptors (Lipinski definition) is 3. The Balaban J connectivity index is 1.26. The molecule has 1 aliphatic heterocycles. The molecule has 2 aromatic carbocycles. The topological polar surface area (TPSA) is 43.8 Å². The summed E-state index contributed by atoms with van der Waals surface area (Å²) in [6, 6.07) is 18.3. The number of benzene rings is 2. The lowest BCUT2D eigenvalue weighted by Gasteiger charge is -2.36. The van der Waals surface area contributed by atoms with Crippen LogP contribution in [0.25, 0.3) is 0 Å². The van der Waals surface area contributed by atoms with Gasteiger partial charge in [-0.25, -0.2) is 0 Å². The molecule has 1 aliphatic carbocycles. The zero-order valence-corrected chi connectivity index (χ0v) is 15.8. The van der Waals surface area contributed by atoms with Gasteiger partial charge in [0.05, 0.1) is 6.10 Å². The summed E-state index contributed by atoms with van der Waals surface area (Å²) < 4.78 is 0. The maximum atomic E-state index is 12.8. The van der Waals surface area contributed by atoms with Crippen molar-refractivity contribution in [3.8, 4) is 0 Å². The fourth-order valence-electron chi connectivity index (χ4n) is 4.40. The standard InChI is InChI=1S/C23H28N2O2/c26-22(19-7-2-1-3-8-19)17-24-12-14-25(15-13-24)23(27)16-20-11-10-18-6-4-5-9-21(18)20/h1-9,20,22,26H,10-17H2. The van der Waals surface area contributed by atoms with Crippen LogP contribution in [-0.2, 0) is 11.2 Å². The van der Waals surface area contributed by atoms with E-state index in [0.29, 0.717) is 18.9 Å². The van der Waals surface area contributed by atoms with Crippen LogP contribution < -0.4 is 0 Å². The number of carbonyl (C=O) groups is 1. The van der Waals surface area contributed by atoms with Crippen molar-refractivity contribution in [2.75, 3.05) is 32.7 Å². The van der Waals surface area contributed by atoms with Crippen LogP contribution in [0.3, 0.4) is 0 Å². The number of aryl methyl sites for hydroxylation is 1. The van der Waals surface area contributed by atoms with Gasteiger partial charge < -0.3 is 10.0 Å². The van der Waals surface area contributed by atoms with Crippen molar-refractivity contribution in [1.29, 1.82) is 0 Å². The van der Waals surface area contributed by atoms with Gasteiger partial charge in [-0.2, -0.15) is 0 Å². The van der Waals surface area contributed by atoms with Gasteiger partial charge in [-0.05, 0) is 35.4 Å². The number of fused-ring (bicyclic) bond motifs is 1. The van der Waals surface area contributed by atoms with Crippen molar-refractivity contribution in [3.63, 3.8) is 0 Å². The summed E-state index contributed by atoms with van der Waals surface area (Å²) in [6.07, 6.45) is 2.35. The van der Waals surface area contributed by atoms with Gasteiger partial charge in [-0.1, -0.05) is 54.6 Å². The SMILES string of the molecule is O=C(CC1CCc2ccccc21)N1CCN(CC(O)c2ccccc2)CC1. The maximum Gasteiger partial charge on any atom is 0.223 e. The lowest BCUT2D eigenvalue weighted by Crippen LogP contribution is -2.49. The number of piperazine rings is 1. The second kappa shape index (κ2) is 8.24. The minimum absolute atomic E-state index is 0.278. The monoisotopic (exact) mass is 364 g/mol. The molecule has 4 rings (SSSR count). The van der Waals surface area contributed by atoms with Crippen molar-refractivity contribution in [2.24, 2.45) is 0 Å². The Morgan fingerprint density at radius 1 is 1.00 bits per heavy atom. The predicted octanol–water partition coefficient (Wildman–Crippen LogP) is 2.98. The molecule has 1 amide bonds. The van der Waals surface area contributed by atoms with Gasteiger partial charge in [0.15, 0.2) is 0 Å². The van der Waals surface area contributed by atoms with Gasteiger partial charge in [0.25, 0.3) is 0 Å². The first-order valence-electron chi connectivity index (χ1n) is 10.0. The zero-order valence-electron chi connectivity index (χ0n) is 15.8. The summed E-state index contributed by atoms with van der Waals surface area (Å²) >= 11 is 0. The molecule has 1 N–H and O–H groups in total. The van der Waals surface area contributed by atoms with E-state index in [-0.39, 0.29) is 5.91 Å². The minimum Gasteiger partial charge on any atom is -0.387 e. The van der Waals surface area contributed by atoms with E-state index in [2.05, 4.69) is 29.2 Å². The average Bonchev–Trinajstić information content (AvgIpc) is 3.12. The molecule has 2 unspecified atom stereocenters. The molecule has 2 aromatic rings. The Bertz CT molecular complexity index is 769. The second-order valence-electron chi connectivity index (χ2n) is 7.75. The molecule has 2 atom stereocenters. The molecule has 1 heterocycles. The van der Waals surface area contributed by atoms with E-state index in [1.807, 2.05) is 35.2 Å².